The van der Waals surface area contributed by atoms with Gasteiger partial charge in [0.25, 0.3) is 0 Å². The summed E-state index contributed by atoms with van der Waals surface area (Å²) in [5.41, 5.74) is -2.74. The summed E-state index contributed by atoms with van der Waals surface area (Å²) in [6.45, 7) is 0. The van der Waals surface area contributed by atoms with Gasteiger partial charge in [-0.05, 0) is 0 Å². The van der Waals surface area contributed by atoms with Crippen molar-refractivity contribution in [3.63, 3.8) is 0 Å². The SMILES string of the molecule is N.O=C(O)CC(O)(CC(=O)O)C(=O)O.[Fe].[Fe]. The van der Waals surface area contributed by atoms with Crippen LogP contribution in [0.3, 0.4) is 0 Å². The van der Waals surface area contributed by atoms with E-state index in [-0.39, 0.29) is 40.3 Å². The van der Waals surface area contributed by atoms with E-state index in [0.717, 1.165) is 0 Å². The number of carboxylic acids is 3. The summed E-state index contributed by atoms with van der Waals surface area (Å²) < 4.78 is 0. The maximum absolute atomic E-state index is 10.3. The van der Waals surface area contributed by atoms with Gasteiger partial charge in [0.05, 0.1) is 12.8 Å². The molecule has 16 heavy (non-hydrogen) atoms. The standard InChI is InChI=1S/C6H8O7.2Fe.H3N/c7-3(8)1-6(13,5(11)12)2-4(9)10;;;/h13H,1-2H2,(H,7,8)(H,9,10)(H,11,12);;;1H3. The Hall–Kier alpha value is -0.631. The molecule has 98 valence electrons. The number of carboxylic acid groups (broad SMARTS) is 3. The summed E-state index contributed by atoms with van der Waals surface area (Å²) in [5.74, 6) is -5.02. The van der Waals surface area contributed by atoms with Gasteiger partial charge in [-0.1, -0.05) is 0 Å². The Bertz CT molecular complexity index is 241. The Morgan fingerprint density at radius 3 is 1.25 bits per heavy atom. The van der Waals surface area contributed by atoms with E-state index in [0.29, 0.717) is 0 Å². The third kappa shape index (κ3) is 8.66. The van der Waals surface area contributed by atoms with E-state index >= 15 is 0 Å². The predicted molar refractivity (Wildman–Crippen MR) is 42.1 cm³/mol. The monoisotopic (exact) mass is 321 g/mol. The molecule has 0 fully saturated rings. The first kappa shape index (κ1) is 24.6. The van der Waals surface area contributed by atoms with E-state index in [9.17, 15) is 14.4 Å². The molecule has 0 aliphatic heterocycles. The molecule has 0 unspecified atom stereocenters. The molecular weight excluding hydrogens is 310 g/mol. The quantitative estimate of drug-likeness (QED) is 0.398. The first-order valence-electron chi connectivity index (χ1n) is 3.17. The normalized spacial score (nSPS) is 8.81. The van der Waals surface area contributed by atoms with Gasteiger partial charge in [-0.2, -0.15) is 0 Å². The average Bonchev–Trinajstić information content (AvgIpc) is 1.82. The van der Waals surface area contributed by atoms with Crippen LogP contribution in [-0.2, 0) is 48.5 Å². The number of hydrogen-bond donors (Lipinski definition) is 5. The van der Waals surface area contributed by atoms with Crippen LogP contribution in [0, 0.1) is 0 Å². The van der Waals surface area contributed by atoms with Crippen LogP contribution in [0.5, 0.6) is 0 Å². The van der Waals surface area contributed by atoms with Crippen molar-refractivity contribution in [2.45, 2.75) is 18.4 Å². The number of rotatable bonds is 5. The molecule has 0 aromatic rings. The van der Waals surface area contributed by atoms with Crippen molar-refractivity contribution in [2.75, 3.05) is 0 Å². The van der Waals surface area contributed by atoms with Crippen molar-refractivity contribution in [1.82, 2.24) is 6.15 Å². The smallest absolute Gasteiger partial charge is 0.336 e. The van der Waals surface area contributed by atoms with Gasteiger partial charge >= 0.3 is 17.9 Å². The zero-order chi connectivity index (χ0) is 10.6. The molecule has 10 heteroatoms. The molecule has 0 aromatic carbocycles. The van der Waals surface area contributed by atoms with Crippen LogP contribution in [-0.4, -0.2) is 43.9 Å². The van der Waals surface area contributed by atoms with Gasteiger partial charge in [-0.3, -0.25) is 9.59 Å². The Morgan fingerprint density at radius 2 is 1.12 bits per heavy atom. The van der Waals surface area contributed by atoms with Gasteiger partial charge in [0, 0.05) is 34.1 Å². The minimum atomic E-state index is -2.74. The van der Waals surface area contributed by atoms with E-state index in [1.807, 2.05) is 0 Å². The van der Waals surface area contributed by atoms with Crippen LogP contribution in [0.15, 0.2) is 0 Å². The van der Waals surface area contributed by atoms with E-state index < -0.39 is 36.4 Å². The topological polar surface area (TPSA) is 167 Å². The average molecular weight is 321 g/mol. The van der Waals surface area contributed by atoms with Gasteiger partial charge < -0.3 is 26.6 Å². The molecule has 8 nitrogen and oxygen atoms in total. The summed E-state index contributed by atoms with van der Waals surface area (Å²) in [7, 11) is 0. The molecule has 0 rings (SSSR count). The maximum Gasteiger partial charge on any atom is 0.336 e. The Labute approximate surface area is 112 Å². The molecule has 0 saturated carbocycles. The Morgan fingerprint density at radius 1 is 0.875 bits per heavy atom. The molecule has 0 amide bonds. The van der Waals surface area contributed by atoms with Crippen molar-refractivity contribution in [2.24, 2.45) is 0 Å². The Kier molecular flexibility index (Phi) is 14.7. The summed E-state index contributed by atoms with van der Waals surface area (Å²) in [4.78, 5) is 30.5. The van der Waals surface area contributed by atoms with Crippen LogP contribution in [0.25, 0.3) is 0 Å². The summed E-state index contributed by atoms with van der Waals surface area (Å²) in [5, 5.41) is 33.8. The first-order chi connectivity index (χ1) is 5.78. The van der Waals surface area contributed by atoms with Crippen LogP contribution in [0.1, 0.15) is 12.8 Å². The third-order valence-corrected chi connectivity index (χ3v) is 1.29. The van der Waals surface area contributed by atoms with E-state index in [1.165, 1.54) is 0 Å². The van der Waals surface area contributed by atoms with E-state index in [1.54, 1.807) is 0 Å². The number of aliphatic carboxylic acids is 3. The molecular formula is C6H11Fe2NO7. The fourth-order valence-corrected chi connectivity index (χ4v) is 0.714. The van der Waals surface area contributed by atoms with Gasteiger partial charge in [0.1, 0.15) is 0 Å². The molecule has 0 saturated heterocycles. The second-order valence-electron chi connectivity index (χ2n) is 2.48. The van der Waals surface area contributed by atoms with Crippen molar-refractivity contribution in [1.29, 1.82) is 0 Å². The van der Waals surface area contributed by atoms with Crippen molar-refractivity contribution < 1.29 is 68.9 Å². The molecule has 0 aliphatic rings. The number of hydrogen-bond acceptors (Lipinski definition) is 5. The van der Waals surface area contributed by atoms with Gasteiger partial charge in [-0.25, -0.2) is 4.79 Å². The molecule has 7 N–H and O–H groups in total. The van der Waals surface area contributed by atoms with Crippen LogP contribution in [0.4, 0.5) is 0 Å². The van der Waals surface area contributed by atoms with Gasteiger partial charge in [0.2, 0.25) is 0 Å². The van der Waals surface area contributed by atoms with E-state index in [4.69, 9.17) is 20.4 Å². The van der Waals surface area contributed by atoms with Gasteiger partial charge in [-0.15, -0.1) is 0 Å². The second-order valence-corrected chi connectivity index (χ2v) is 2.48. The first-order valence-corrected chi connectivity index (χ1v) is 3.17. The van der Waals surface area contributed by atoms with Crippen molar-refractivity contribution in [3.05, 3.63) is 0 Å². The fraction of sp³-hybridized carbons (Fsp3) is 0.500. The zero-order valence-electron chi connectivity index (χ0n) is 7.84. The van der Waals surface area contributed by atoms with Crippen LogP contribution >= 0.6 is 0 Å². The van der Waals surface area contributed by atoms with Crippen molar-refractivity contribution >= 4 is 17.9 Å². The summed E-state index contributed by atoms with van der Waals surface area (Å²) >= 11 is 0. The molecule has 0 heterocycles. The number of aliphatic hydroxyl groups is 1. The zero-order valence-corrected chi connectivity index (χ0v) is 10.1. The van der Waals surface area contributed by atoms with Crippen LogP contribution in [0.2, 0.25) is 0 Å². The maximum atomic E-state index is 10.3. The molecule has 0 aromatic heterocycles. The minimum Gasteiger partial charge on any atom is -0.481 e. The molecule has 0 aliphatic carbocycles. The van der Waals surface area contributed by atoms with Crippen molar-refractivity contribution in [3.8, 4) is 0 Å². The summed E-state index contributed by atoms with van der Waals surface area (Å²) in [6.07, 6.45) is -2.29. The van der Waals surface area contributed by atoms with E-state index in [2.05, 4.69) is 0 Å². The number of carbonyl (C=O) groups is 3. The molecule has 0 atom stereocenters. The molecule has 0 spiro atoms. The molecule has 0 bridgehead atoms. The Balaban J connectivity index is -0.000000240. The molecule has 0 radical (unpaired) electrons. The second kappa shape index (κ2) is 9.58. The predicted octanol–water partition coefficient (Wildman–Crippen LogP) is -1.09. The van der Waals surface area contributed by atoms with Gasteiger partial charge in [0.15, 0.2) is 5.60 Å². The summed E-state index contributed by atoms with van der Waals surface area (Å²) in [6, 6.07) is 0. The minimum absolute atomic E-state index is 0. The van der Waals surface area contributed by atoms with Crippen LogP contribution < -0.4 is 6.15 Å². The fourth-order valence-electron chi connectivity index (χ4n) is 0.714. The largest absolute Gasteiger partial charge is 0.481 e. The third-order valence-electron chi connectivity index (χ3n) is 1.29.